The molecule has 25 heavy (non-hydrogen) atoms. The molecule has 1 aliphatic rings. The van der Waals surface area contributed by atoms with E-state index in [0.717, 1.165) is 31.2 Å². The number of amides is 1. The second kappa shape index (κ2) is 8.21. The maximum Gasteiger partial charge on any atom is 0.275 e. The van der Waals surface area contributed by atoms with Crippen molar-refractivity contribution < 1.29 is 9.69 Å². The fraction of sp³-hybridized carbons (Fsp3) is 0.421. The molecule has 1 saturated heterocycles. The molecule has 3 rings (SSSR count). The van der Waals surface area contributed by atoms with E-state index in [4.69, 9.17) is 11.6 Å². The highest BCUT2D eigenvalue weighted by atomic mass is 35.5. The Kier molecular flexibility index (Phi) is 5.99. The molecular formula is C19H25ClN3OS+. The molecule has 1 atom stereocenters. The maximum atomic E-state index is 12.3. The highest BCUT2D eigenvalue weighted by molar-refractivity contribution is 7.10. The van der Waals surface area contributed by atoms with E-state index in [1.54, 1.807) is 11.3 Å². The predicted molar refractivity (Wildman–Crippen MR) is 105 cm³/mol. The molecule has 2 aromatic rings. The van der Waals surface area contributed by atoms with Gasteiger partial charge in [-0.3, -0.25) is 4.79 Å². The fourth-order valence-corrected chi connectivity index (χ4v) is 4.19. The van der Waals surface area contributed by atoms with E-state index >= 15 is 0 Å². The van der Waals surface area contributed by atoms with Crippen molar-refractivity contribution in [1.82, 2.24) is 5.32 Å². The minimum absolute atomic E-state index is 0.0855. The fourth-order valence-electron chi connectivity index (χ4n) is 3.29. The van der Waals surface area contributed by atoms with Crippen LogP contribution in [0.4, 0.5) is 5.69 Å². The van der Waals surface area contributed by atoms with Gasteiger partial charge in [0.25, 0.3) is 5.91 Å². The van der Waals surface area contributed by atoms with Crippen LogP contribution >= 0.6 is 22.9 Å². The van der Waals surface area contributed by atoms with Crippen LogP contribution < -0.4 is 15.1 Å². The Labute approximate surface area is 158 Å². The van der Waals surface area contributed by atoms with Crippen molar-refractivity contribution in [1.29, 1.82) is 0 Å². The molecule has 1 aromatic carbocycles. The van der Waals surface area contributed by atoms with Crippen LogP contribution in [0, 0.1) is 6.92 Å². The summed E-state index contributed by atoms with van der Waals surface area (Å²) in [7, 11) is 0. The standard InChI is InChI=1S/C19H24ClN3OS/c1-14-5-6-16(20)12-17(14)23-9-7-22(8-10-23)13-19(24)21-15(2)18-4-3-11-25-18/h3-6,11-12,15H,7-10,13H2,1-2H3,(H,21,24)/p+1/t15-/m1/s1. The number of hydrogen-bond acceptors (Lipinski definition) is 3. The zero-order valence-electron chi connectivity index (χ0n) is 14.7. The lowest BCUT2D eigenvalue weighted by atomic mass is 10.1. The van der Waals surface area contributed by atoms with E-state index in [2.05, 4.69) is 29.3 Å². The number of benzene rings is 1. The Morgan fingerprint density at radius 3 is 2.80 bits per heavy atom. The molecule has 0 radical (unpaired) electrons. The van der Waals surface area contributed by atoms with E-state index in [9.17, 15) is 4.79 Å². The van der Waals surface area contributed by atoms with Crippen molar-refractivity contribution in [3.8, 4) is 0 Å². The van der Waals surface area contributed by atoms with Gasteiger partial charge in [0.1, 0.15) is 0 Å². The number of hydrogen-bond donors (Lipinski definition) is 2. The van der Waals surface area contributed by atoms with E-state index in [0.29, 0.717) is 6.54 Å². The van der Waals surface area contributed by atoms with E-state index in [1.165, 1.54) is 21.0 Å². The summed E-state index contributed by atoms with van der Waals surface area (Å²) in [4.78, 5) is 17.2. The average molecular weight is 379 g/mol. The van der Waals surface area contributed by atoms with Crippen LogP contribution in [0.3, 0.4) is 0 Å². The third-order valence-corrected chi connectivity index (χ3v) is 6.03. The minimum Gasteiger partial charge on any atom is -0.360 e. The summed E-state index contributed by atoms with van der Waals surface area (Å²) >= 11 is 7.82. The van der Waals surface area contributed by atoms with Gasteiger partial charge in [0.2, 0.25) is 0 Å². The van der Waals surface area contributed by atoms with Gasteiger partial charge in [-0.2, -0.15) is 0 Å². The molecule has 134 valence electrons. The van der Waals surface area contributed by atoms with Crippen LogP contribution in [0.1, 0.15) is 23.4 Å². The molecule has 0 aliphatic carbocycles. The molecule has 1 aliphatic heterocycles. The smallest absolute Gasteiger partial charge is 0.275 e. The summed E-state index contributed by atoms with van der Waals surface area (Å²) in [5.41, 5.74) is 2.46. The number of nitrogens with one attached hydrogen (secondary N) is 2. The van der Waals surface area contributed by atoms with Gasteiger partial charge in [-0.25, -0.2) is 0 Å². The minimum atomic E-state index is 0.0855. The molecule has 2 N–H and O–H groups in total. The zero-order chi connectivity index (χ0) is 17.8. The normalized spacial score (nSPS) is 16.7. The lowest BCUT2D eigenvalue weighted by Crippen LogP contribution is -3.16. The van der Waals surface area contributed by atoms with Gasteiger partial charge in [-0.1, -0.05) is 23.7 Å². The highest BCUT2D eigenvalue weighted by Gasteiger charge is 2.24. The van der Waals surface area contributed by atoms with Crippen LogP contribution in [0.25, 0.3) is 0 Å². The third kappa shape index (κ3) is 4.75. The molecule has 1 aromatic heterocycles. The average Bonchev–Trinajstić information content (AvgIpc) is 3.12. The summed E-state index contributed by atoms with van der Waals surface area (Å²) in [5.74, 6) is 0.128. The first-order valence-corrected chi connectivity index (χ1v) is 9.96. The van der Waals surface area contributed by atoms with Gasteiger partial charge in [0.05, 0.1) is 32.2 Å². The molecule has 0 spiro atoms. The first-order valence-electron chi connectivity index (χ1n) is 8.70. The van der Waals surface area contributed by atoms with Crippen molar-refractivity contribution in [2.75, 3.05) is 37.6 Å². The topological polar surface area (TPSA) is 36.8 Å². The van der Waals surface area contributed by atoms with E-state index < -0.39 is 0 Å². The summed E-state index contributed by atoms with van der Waals surface area (Å²) in [6.45, 7) is 8.52. The van der Waals surface area contributed by atoms with Gasteiger partial charge < -0.3 is 15.1 Å². The van der Waals surface area contributed by atoms with Crippen molar-refractivity contribution >= 4 is 34.5 Å². The Morgan fingerprint density at radius 1 is 1.36 bits per heavy atom. The van der Waals surface area contributed by atoms with Crippen LogP contribution in [0.15, 0.2) is 35.7 Å². The van der Waals surface area contributed by atoms with Crippen LogP contribution in [0.2, 0.25) is 5.02 Å². The number of piperazine rings is 1. The Bertz CT molecular complexity index is 711. The lowest BCUT2D eigenvalue weighted by molar-refractivity contribution is -0.892. The van der Waals surface area contributed by atoms with E-state index in [-0.39, 0.29) is 11.9 Å². The summed E-state index contributed by atoms with van der Waals surface area (Å²) in [6, 6.07) is 10.2. The molecule has 0 saturated carbocycles. The number of anilines is 1. The molecule has 0 unspecified atom stereocenters. The van der Waals surface area contributed by atoms with E-state index in [1.807, 2.05) is 30.5 Å². The second-order valence-electron chi connectivity index (χ2n) is 6.65. The van der Waals surface area contributed by atoms with Gasteiger partial charge >= 0.3 is 0 Å². The number of carbonyl (C=O) groups excluding carboxylic acids is 1. The maximum absolute atomic E-state index is 12.3. The largest absolute Gasteiger partial charge is 0.360 e. The molecule has 6 heteroatoms. The Balaban J connectivity index is 1.49. The van der Waals surface area contributed by atoms with Gasteiger partial charge in [0.15, 0.2) is 6.54 Å². The quantitative estimate of drug-likeness (QED) is 0.837. The number of halogens is 1. The van der Waals surface area contributed by atoms with Crippen molar-refractivity contribution in [2.45, 2.75) is 19.9 Å². The zero-order valence-corrected chi connectivity index (χ0v) is 16.3. The van der Waals surface area contributed by atoms with Crippen molar-refractivity contribution in [3.63, 3.8) is 0 Å². The number of nitrogens with zero attached hydrogens (tertiary/aromatic N) is 1. The first kappa shape index (κ1) is 18.2. The van der Waals surface area contributed by atoms with Crippen molar-refractivity contribution in [3.05, 3.63) is 51.2 Å². The summed E-state index contributed by atoms with van der Waals surface area (Å²) in [6.07, 6.45) is 0. The molecule has 1 amide bonds. The highest BCUT2D eigenvalue weighted by Crippen LogP contribution is 2.24. The molecular weight excluding hydrogens is 354 g/mol. The SMILES string of the molecule is Cc1ccc(Cl)cc1N1CC[NH+](CC(=O)N[C@H](C)c2cccs2)CC1. The van der Waals surface area contributed by atoms with Crippen LogP contribution in [-0.4, -0.2) is 38.6 Å². The van der Waals surface area contributed by atoms with Gasteiger partial charge in [-0.15, -0.1) is 11.3 Å². The number of carbonyl (C=O) groups is 1. The van der Waals surface area contributed by atoms with Crippen LogP contribution in [-0.2, 0) is 4.79 Å². The van der Waals surface area contributed by atoms with Gasteiger partial charge in [-0.05, 0) is 43.0 Å². The molecule has 0 bridgehead atoms. The lowest BCUT2D eigenvalue weighted by Gasteiger charge is -2.34. The molecule has 1 fully saturated rings. The monoisotopic (exact) mass is 378 g/mol. The number of quaternary nitrogens is 1. The predicted octanol–water partition coefficient (Wildman–Crippen LogP) is 2.29. The first-order chi connectivity index (χ1) is 12.0. The van der Waals surface area contributed by atoms with Crippen molar-refractivity contribution in [2.24, 2.45) is 0 Å². The number of aryl methyl sites for hydroxylation is 1. The third-order valence-electron chi connectivity index (χ3n) is 4.74. The summed E-state index contributed by atoms with van der Waals surface area (Å²) < 4.78 is 0. The van der Waals surface area contributed by atoms with Gasteiger partial charge in [0, 0.05) is 15.6 Å². The van der Waals surface area contributed by atoms with Crippen LogP contribution in [0.5, 0.6) is 0 Å². The Hall–Kier alpha value is -1.56. The number of thiophene rings is 1. The number of rotatable bonds is 5. The summed E-state index contributed by atoms with van der Waals surface area (Å²) in [5, 5.41) is 5.93. The molecule has 4 nitrogen and oxygen atoms in total. The Morgan fingerprint density at radius 2 is 2.12 bits per heavy atom. The molecule has 2 heterocycles. The second-order valence-corrected chi connectivity index (χ2v) is 8.06.